The number of rotatable bonds is 4. The Balaban J connectivity index is 1.75. The number of hydrogen-bond donors (Lipinski definition) is 1. The third-order valence-electron chi connectivity index (χ3n) is 4.09. The number of nitrogens with one attached hydrogen (secondary N) is 1. The second-order valence-corrected chi connectivity index (χ2v) is 8.29. The average Bonchev–Trinajstić information content (AvgIpc) is 3.17. The molecule has 1 saturated heterocycles. The summed E-state index contributed by atoms with van der Waals surface area (Å²) >= 11 is 1.93. The van der Waals surface area contributed by atoms with E-state index in [1.54, 1.807) is 0 Å². The summed E-state index contributed by atoms with van der Waals surface area (Å²) in [4.78, 5) is 8.98. The molecule has 3 rings (SSSR count). The van der Waals surface area contributed by atoms with Gasteiger partial charge in [-0.05, 0) is 52.9 Å². The molecule has 1 N–H and O–H groups in total. The van der Waals surface area contributed by atoms with Crippen molar-refractivity contribution in [2.24, 2.45) is 0 Å². The smallest absolute Gasteiger partial charge is 0.185 e. The first-order valence-corrected chi connectivity index (χ1v) is 8.84. The van der Waals surface area contributed by atoms with Crippen LogP contribution in [0.2, 0.25) is 0 Å². The first kappa shape index (κ1) is 14.3. The fourth-order valence-corrected chi connectivity index (χ4v) is 3.86. The molecule has 2 aliphatic rings. The summed E-state index contributed by atoms with van der Waals surface area (Å²) in [6, 6.07) is 0. The largest absolute Gasteiger partial charge is 0.348 e. The Hall–Kier alpha value is -0.610. The van der Waals surface area contributed by atoms with Crippen molar-refractivity contribution in [2.75, 3.05) is 18.0 Å². The Kier molecular flexibility index (Phi) is 4.04. The molecule has 0 aromatic carbocycles. The van der Waals surface area contributed by atoms with Gasteiger partial charge in [-0.1, -0.05) is 0 Å². The monoisotopic (exact) mass is 293 g/mol. The zero-order chi connectivity index (χ0) is 14.2. The normalized spacial score (nSPS) is 20.4. The van der Waals surface area contributed by atoms with Crippen LogP contribution in [0.25, 0.3) is 0 Å². The molecule has 1 aromatic heterocycles. The van der Waals surface area contributed by atoms with Gasteiger partial charge in [-0.25, -0.2) is 4.98 Å². The van der Waals surface area contributed by atoms with Gasteiger partial charge in [0.1, 0.15) is 0 Å². The maximum atomic E-state index is 5.00. The van der Waals surface area contributed by atoms with Crippen LogP contribution in [0.4, 0.5) is 5.13 Å². The second kappa shape index (κ2) is 5.64. The summed E-state index contributed by atoms with van der Waals surface area (Å²) in [5, 5.41) is 4.90. The number of piperidine rings is 1. The number of hydrogen-bond acceptors (Lipinski definition) is 4. The summed E-state index contributed by atoms with van der Waals surface area (Å²) in [7, 11) is 0. The van der Waals surface area contributed by atoms with Crippen LogP contribution in [0.3, 0.4) is 0 Å². The Morgan fingerprint density at radius 3 is 2.50 bits per heavy atom. The van der Waals surface area contributed by atoms with Crippen molar-refractivity contribution in [3.05, 3.63) is 10.6 Å². The Labute approximate surface area is 126 Å². The molecule has 2 heterocycles. The lowest BCUT2D eigenvalue weighted by Gasteiger charge is -2.25. The van der Waals surface area contributed by atoms with Crippen LogP contribution in [-0.4, -0.2) is 23.6 Å². The van der Waals surface area contributed by atoms with Crippen LogP contribution in [0, 0.1) is 0 Å². The van der Waals surface area contributed by atoms with E-state index in [1.807, 2.05) is 11.3 Å². The number of thiazole rings is 1. The first-order valence-electron chi connectivity index (χ1n) is 8.02. The maximum Gasteiger partial charge on any atom is 0.185 e. The van der Waals surface area contributed by atoms with E-state index in [0.717, 1.165) is 12.5 Å². The Bertz CT molecular complexity index is 451. The molecule has 0 unspecified atom stereocenters. The van der Waals surface area contributed by atoms with Crippen LogP contribution in [0.5, 0.6) is 0 Å². The van der Waals surface area contributed by atoms with E-state index >= 15 is 0 Å². The molecule has 3 nitrogen and oxygen atoms in total. The Morgan fingerprint density at radius 2 is 1.90 bits per heavy atom. The van der Waals surface area contributed by atoms with Gasteiger partial charge in [-0.2, -0.15) is 0 Å². The van der Waals surface area contributed by atoms with Gasteiger partial charge in [0, 0.05) is 36.0 Å². The fourth-order valence-electron chi connectivity index (χ4n) is 2.72. The third kappa shape index (κ3) is 3.53. The number of aromatic nitrogens is 1. The van der Waals surface area contributed by atoms with Crippen LogP contribution in [0.15, 0.2) is 0 Å². The van der Waals surface area contributed by atoms with E-state index in [2.05, 4.69) is 31.0 Å². The fraction of sp³-hybridized carbons (Fsp3) is 0.812. The van der Waals surface area contributed by atoms with Gasteiger partial charge in [0.25, 0.3) is 0 Å². The molecular weight excluding hydrogens is 266 g/mol. The van der Waals surface area contributed by atoms with Gasteiger partial charge >= 0.3 is 0 Å². The van der Waals surface area contributed by atoms with E-state index < -0.39 is 0 Å². The molecule has 20 heavy (non-hydrogen) atoms. The molecule has 0 amide bonds. The standard InChI is InChI=1S/C16H27N3S/c1-16(2,3)17-11-13-14(12-7-8-12)18-15(20-13)19-9-5-4-6-10-19/h12,17H,4-11H2,1-3H3. The zero-order valence-electron chi connectivity index (χ0n) is 13.0. The minimum absolute atomic E-state index is 0.177. The summed E-state index contributed by atoms with van der Waals surface area (Å²) in [5.41, 5.74) is 1.57. The lowest BCUT2D eigenvalue weighted by molar-refractivity contribution is 0.425. The van der Waals surface area contributed by atoms with Gasteiger partial charge in [-0.3, -0.25) is 0 Å². The highest BCUT2D eigenvalue weighted by atomic mass is 32.1. The SMILES string of the molecule is CC(C)(C)NCc1sc(N2CCCCC2)nc1C1CC1. The minimum Gasteiger partial charge on any atom is -0.348 e. The summed E-state index contributed by atoms with van der Waals surface area (Å²) in [5.74, 6) is 0.751. The molecule has 1 aromatic rings. The van der Waals surface area contributed by atoms with Crippen molar-refractivity contribution in [3.63, 3.8) is 0 Å². The predicted molar refractivity (Wildman–Crippen MR) is 86.7 cm³/mol. The molecule has 2 fully saturated rings. The van der Waals surface area contributed by atoms with Crippen LogP contribution < -0.4 is 10.2 Å². The summed E-state index contributed by atoms with van der Waals surface area (Å²) in [6.45, 7) is 10.1. The van der Waals surface area contributed by atoms with Crippen LogP contribution in [-0.2, 0) is 6.54 Å². The van der Waals surface area contributed by atoms with Gasteiger partial charge in [0.2, 0.25) is 0 Å². The summed E-state index contributed by atoms with van der Waals surface area (Å²) in [6.07, 6.45) is 6.72. The highest BCUT2D eigenvalue weighted by Gasteiger charge is 2.31. The Morgan fingerprint density at radius 1 is 1.20 bits per heavy atom. The molecular formula is C16H27N3S. The van der Waals surface area contributed by atoms with Crippen molar-refractivity contribution in [2.45, 2.75) is 70.9 Å². The molecule has 1 aliphatic carbocycles. The van der Waals surface area contributed by atoms with Gasteiger partial charge in [0.05, 0.1) is 5.69 Å². The zero-order valence-corrected chi connectivity index (χ0v) is 13.9. The summed E-state index contributed by atoms with van der Waals surface area (Å²) < 4.78 is 0. The quantitative estimate of drug-likeness (QED) is 0.912. The highest BCUT2D eigenvalue weighted by molar-refractivity contribution is 7.15. The van der Waals surface area contributed by atoms with E-state index in [1.165, 1.54) is 60.9 Å². The highest BCUT2D eigenvalue weighted by Crippen LogP contribution is 2.44. The lowest BCUT2D eigenvalue weighted by atomic mass is 10.1. The molecule has 1 aliphatic heterocycles. The van der Waals surface area contributed by atoms with Crippen molar-refractivity contribution in [1.82, 2.24) is 10.3 Å². The van der Waals surface area contributed by atoms with E-state index in [4.69, 9.17) is 4.98 Å². The van der Waals surface area contributed by atoms with Gasteiger partial charge in [-0.15, -0.1) is 11.3 Å². The third-order valence-corrected chi connectivity index (χ3v) is 5.22. The van der Waals surface area contributed by atoms with Gasteiger partial charge < -0.3 is 10.2 Å². The van der Waals surface area contributed by atoms with E-state index in [-0.39, 0.29) is 5.54 Å². The molecule has 112 valence electrons. The molecule has 1 saturated carbocycles. The van der Waals surface area contributed by atoms with Crippen LogP contribution in [0.1, 0.15) is 69.4 Å². The molecule has 4 heteroatoms. The lowest BCUT2D eigenvalue weighted by Crippen LogP contribution is -2.35. The average molecular weight is 293 g/mol. The minimum atomic E-state index is 0.177. The molecule has 0 radical (unpaired) electrons. The molecule has 0 spiro atoms. The van der Waals surface area contributed by atoms with Crippen LogP contribution >= 0.6 is 11.3 Å². The van der Waals surface area contributed by atoms with Crippen molar-refractivity contribution in [3.8, 4) is 0 Å². The number of anilines is 1. The molecule has 0 atom stereocenters. The van der Waals surface area contributed by atoms with Crippen molar-refractivity contribution >= 4 is 16.5 Å². The van der Waals surface area contributed by atoms with Gasteiger partial charge in [0.15, 0.2) is 5.13 Å². The topological polar surface area (TPSA) is 28.2 Å². The maximum absolute atomic E-state index is 5.00. The second-order valence-electron chi connectivity index (χ2n) is 7.23. The van der Waals surface area contributed by atoms with Crippen molar-refractivity contribution in [1.29, 1.82) is 0 Å². The van der Waals surface area contributed by atoms with E-state index in [9.17, 15) is 0 Å². The van der Waals surface area contributed by atoms with Crippen molar-refractivity contribution < 1.29 is 0 Å². The molecule has 0 bridgehead atoms. The van der Waals surface area contributed by atoms with E-state index in [0.29, 0.717) is 0 Å². The predicted octanol–water partition coefficient (Wildman–Crippen LogP) is 3.90. The number of nitrogens with zero attached hydrogens (tertiary/aromatic N) is 2. The first-order chi connectivity index (χ1) is 9.53.